The van der Waals surface area contributed by atoms with E-state index in [0.717, 1.165) is 5.56 Å². The van der Waals surface area contributed by atoms with Crippen molar-refractivity contribution in [3.8, 4) is 0 Å². The predicted octanol–water partition coefficient (Wildman–Crippen LogP) is 1.41. The molecule has 0 spiro atoms. The van der Waals surface area contributed by atoms with E-state index in [2.05, 4.69) is 4.74 Å². The number of hydrogen-bond donors (Lipinski definition) is 1. The van der Waals surface area contributed by atoms with Crippen LogP contribution in [0.5, 0.6) is 0 Å². The maximum absolute atomic E-state index is 11.3. The van der Waals surface area contributed by atoms with Gasteiger partial charge in [-0.3, -0.25) is 4.79 Å². The molecule has 1 N–H and O–H groups in total. The maximum atomic E-state index is 11.3. The number of carboxylic acids is 1. The van der Waals surface area contributed by atoms with Crippen molar-refractivity contribution in [1.82, 2.24) is 0 Å². The molecule has 1 aromatic carbocycles. The summed E-state index contributed by atoms with van der Waals surface area (Å²) in [4.78, 5) is 21.9. The zero-order valence-electron chi connectivity index (χ0n) is 8.61. The second-order valence-electron chi connectivity index (χ2n) is 3.22. The number of carbonyl (C=O) groups excluding carboxylic acids is 1. The van der Waals surface area contributed by atoms with Crippen molar-refractivity contribution in [2.24, 2.45) is 0 Å². The average molecular weight is 208 g/mol. The second kappa shape index (κ2) is 4.59. The molecule has 15 heavy (non-hydrogen) atoms. The second-order valence-corrected chi connectivity index (χ2v) is 3.22. The molecule has 0 aromatic heterocycles. The lowest BCUT2D eigenvalue weighted by Crippen LogP contribution is -2.09. The zero-order chi connectivity index (χ0) is 11.4. The third kappa shape index (κ3) is 2.80. The number of aryl methyl sites for hydroxylation is 1. The first-order valence-electron chi connectivity index (χ1n) is 4.44. The lowest BCUT2D eigenvalue weighted by Gasteiger charge is -2.06. The molecule has 0 atom stereocenters. The van der Waals surface area contributed by atoms with Crippen LogP contribution >= 0.6 is 0 Å². The Morgan fingerprint density at radius 3 is 2.60 bits per heavy atom. The molecule has 0 aliphatic carbocycles. The van der Waals surface area contributed by atoms with E-state index >= 15 is 0 Å². The first kappa shape index (κ1) is 11.2. The number of carbonyl (C=O) groups is 2. The normalized spacial score (nSPS) is 9.73. The van der Waals surface area contributed by atoms with Crippen LogP contribution in [0.2, 0.25) is 0 Å². The topological polar surface area (TPSA) is 63.6 Å². The number of esters is 1. The fourth-order valence-electron chi connectivity index (χ4n) is 1.34. The van der Waals surface area contributed by atoms with Crippen LogP contribution < -0.4 is 0 Å². The highest BCUT2D eigenvalue weighted by Crippen LogP contribution is 2.13. The van der Waals surface area contributed by atoms with Crippen molar-refractivity contribution >= 4 is 11.9 Å². The minimum Gasteiger partial charge on any atom is -0.481 e. The molecular weight excluding hydrogens is 196 g/mol. The van der Waals surface area contributed by atoms with Gasteiger partial charge in [-0.2, -0.15) is 0 Å². The molecule has 1 rings (SSSR count). The van der Waals surface area contributed by atoms with E-state index in [0.29, 0.717) is 11.1 Å². The fraction of sp³-hybridized carbons (Fsp3) is 0.273. The maximum Gasteiger partial charge on any atom is 0.338 e. The molecule has 0 saturated heterocycles. The SMILES string of the molecule is COC(=O)c1ccc(C)cc1CC(=O)O. The molecular formula is C11H12O4. The summed E-state index contributed by atoms with van der Waals surface area (Å²) in [5, 5.41) is 8.68. The summed E-state index contributed by atoms with van der Waals surface area (Å²) >= 11 is 0. The molecule has 1 aromatic rings. The van der Waals surface area contributed by atoms with Crippen molar-refractivity contribution in [2.45, 2.75) is 13.3 Å². The van der Waals surface area contributed by atoms with Gasteiger partial charge >= 0.3 is 11.9 Å². The Bertz CT molecular complexity index is 396. The van der Waals surface area contributed by atoms with Crippen molar-refractivity contribution in [3.05, 3.63) is 34.9 Å². The molecule has 0 radical (unpaired) electrons. The van der Waals surface area contributed by atoms with Crippen molar-refractivity contribution < 1.29 is 19.4 Å². The van der Waals surface area contributed by atoms with E-state index in [1.807, 2.05) is 6.92 Å². The van der Waals surface area contributed by atoms with E-state index in [-0.39, 0.29) is 6.42 Å². The van der Waals surface area contributed by atoms with Crippen LogP contribution in [0.1, 0.15) is 21.5 Å². The first-order chi connectivity index (χ1) is 7.04. The van der Waals surface area contributed by atoms with Gasteiger partial charge in [-0.1, -0.05) is 17.7 Å². The van der Waals surface area contributed by atoms with E-state index in [4.69, 9.17) is 5.11 Å². The highest BCUT2D eigenvalue weighted by Gasteiger charge is 2.13. The standard InChI is InChI=1S/C11H12O4/c1-7-3-4-9(11(14)15-2)8(5-7)6-10(12)13/h3-5H,6H2,1-2H3,(H,12,13). The highest BCUT2D eigenvalue weighted by atomic mass is 16.5. The number of aliphatic carboxylic acids is 1. The summed E-state index contributed by atoms with van der Waals surface area (Å²) in [5.41, 5.74) is 1.71. The van der Waals surface area contributed by atoms with Crippen LogP contribution in [0.4, 0.5) is 0 Å². The van der Waals surface area contributed by atoms with E-state index < -0.39 is 11.9 Å². The van der Waals surface area contributed by atoms with Crippen LogP contribution in [0, 0.1) is 6.92 Å². The van der Waals surface area contributed by atoms with Crippen molar-refractivity contribution in [3.63, 3.8) is 0 Å². The molecule has 80 valence electrons. The molecule has 0 bridgehead atoms. The van der Waals surface area contributed by atoms with Crippen molar-refractivity contribution in [1.29, 1.82) is 0 Å². The summed E-state index contributed by atoms with van der Waals surface area (Å²) in [6.45, 7) is 1.84. The number of rotatable bonds is 3. The van der Waals surface area contributed by atoms with Crippen molar-refractivity contribution in [2.75, 3.05) is 7.11 Å². The van der Waals surface area contributed by atoms with Gasteiger partial charge in [0.15, 0.2) is 0 Å². The number of methoxy groups -OCH3 is 1. The first-order valence-corrected chi connectivity index (χ1v) is 4.44. The molecule has 4 heteroatoms. The molecule has 0 unspecified atom stereocenters. The van der Waals surface area contributed by atoms with Gasteiger partial charge in [-0.05, 0) is 18.6 Å². The molecule has 0 fully saturated rings. The Hall–Kier alpha value is -1.84. The minimum atomic E-state index is -0.967. The molecule has 0 aliphatic heterocycles. The molecule has 0 aliphatic rings. The van der Waals surface area contributed by atoms with E-state index in [1.54, 1.807) is 18.2 Å². The van der Waals surface area contributed by atoms with Gasteiger partial charge in [-0.25, -0.2) is 4.79 Å². The number of benzene rings is 1. The van der Waals surface area contributed by atoms with Gasteiger partial charge in [0.2, 0.25) is 0 Å². The lowest BCUT2D eigenvalue weighted by atomic mass is 10.0. The van der Waals surface area contributed by atoms with Gasteiger partial charge in [-0.15, -0.1) is 0 Å². The third-order valence-corrected chi connectivity index (χ3v) is 2.01. The number of carboxylic acid groups (broad SMARTS) is 1. The summed E-state index contributed by atoms with van der Waals surface area (Å²) in [6, 6.07) is 5.01. The number of ether oxygens (including phenoxy) is 1. The third-order valence-electron chi connectivity index (χ3n) is 2.01. The van der Waals surface area contributed by atoms with Crippen LogP contribution in [0.3, 0.4) is 0 Å². The Kier molecular flexibility index (Phi) is 3.44. The van der Waals surface area contributed by atoms with Crippen LogP contribution in [0.15, 0.2) is 18.2 Å². The lowest BCUT2D eigenvalue weighted by molar-refractivity contribution is -0.136. The Morgan fingerprint density at radius 1 is 1.40 bits per heavy atom. The van der Waals surface area contributed by atoms with Gasteiger partial charge in [0, 0.05) is 0 Å². The number of hydrogen-bond acceptors (Lipinski definition) is 3. The van der Waals surface area contributed by atoms with Gasteiger partial charge < -0.3 is 9.84 Å². The van der Waals surface area contributed by atoms with Crippen LogP contribution in [-0.2, 0) is 16.0 Å². The van der Waals surface area contributed by atoms with E-state index in [1.165, 1.54) is 7.11 Å². The Labute approximate surface area is 87.5 Å². The summed E-state index contributed by atoms with van der Waals surface area (Å²) in [6.07, 6.45) is -0.174. The predicted molar refractivity (Wildman–Crippen MR) is 53.9 cm³/mol. The highest BCUT2D eigenvalue weighted by molar-refractivity contribution is 5.92. The zero-order valence-corrected chi connectivity index (χ0v) is 8.61. The summed E-state index contributed by atoms with van der Waals surface area (Å²) in [7, 11) is 1.27. The van der Waals surface area contributed by atoms with Gasteiger partial charge in [0.25, 0.3) is 0 Å². The monoisotopic (exact) mass is 208 g/mol. The Morgan fingerprint density at radius 2 is 2.07 bits per heavy atom. The summed E-state index contributed by atoms with van der Waals surface area (Å²) in [5.74, 6) is -1.47. The van der Waals surface area contributed by atoms with Gasteiger partial charge in [0.1, 0.15) is 0 Å². The molecule has 0 saturated carbocycles. The smallest absolute Gasteiger partial charge is 0.338 e. The molecule has 4 nitrogen and oxygen atoms in total. The van der Waals surface area contributed by atoms with E-state index in [9.17, 15) is 9.59 Å². The fourth-order valence-corrected chi connectivity index (χ4v) is 1.34. The molecule has 0 amide bonds. The summed E-state index contributed by atoms with van der Waals surface area (Å²) < 4.78 is 4.57. The molecule has 0 heterocycles. The van der Waals surface area contributed by atoms with Crippen LogP contribution in [0.25, 0.3) is 0 Å². The van der Waals surface area contributed by atoms with Crippen LogP contribution in [-0.4, -0.2) is 24.2 Å². The Balaban J connectivity index is 3.13. The quantitative estimate of drug-likeness (QED) is 0.763. The van der Waals surface area contributed by atoms with Gasteiger partial charge in [0.05, 0.1) is 19.1 Å². The average Bonchev–Trinajstić information content (AvgIpc) is 2.16. The minimum absolute atomic E-state index is 0.174. The largest absolute Gasteiger partial charge is 0.481 e.